The zero-order valence-electron chi connectivity index (χ0n) is 12.3. The Balaban J connectivity index is 1.78. The summed E-state index contributed by atoms with van der Waals surface area (Å²) in [5.41, 5.74) is 10.8. The van der Waals surface area contributed by atoms with E-state index in [9.17, 15) is 0 Å². The van der Waals surface area contributed by atoms with Crippen LogP contribution in [0.3, 0.4) is 0 Å². The lowest BCUT2D eigenvalue weighted by atomic mass is 10.1. The Labute approximate surface area is 145 Å². The third kappa shape index (κ3) is 3.76. The Morgan fingerprint density at radius 3 is 2.43 bits per heavy atom. The maximum absolute atomic E-state index is 6.17. The maximum atomic E-state index is 6.17. The van der Waals surface area contributed by atoms with Crippen molar-refractivity contribution in [3.8, 4) is 11.1 Å². The van der Waals surface area contributed by atoms with Gasteiger partial charge in [0.1, 0.15) is 0 Å². The molecule has 0 radical (unpaired) electrons. The van der Waals surface area contributed by atoms with Gasteiger partial charge in [-0.05, 0) is 59.2 Å². The van der Waals surface area contributed by atoms with Crippen LogP contribution in [0.5, 0.6) is 0 Å². The minimum absolute atomic E-state index is 0.554. The average molecular weight is 344 g/mol. The summed E-state index contributed by atoms with van der Waals surface area (Å²) in [6, 6.07) is 15.2. The molecule has 3 nitrogen and oxygen atoms in total. The molecule has 2 aromatic carbocycles. The lowest BCUT2D eigenvalue weighted by molar-refractivity contribution is 1.15. The lowest BCUT2D eigenvalue weighted by Gasteiger charge is -2.12. The fourth-order valence-corrected chi connectivity index (χ4v) is 2.70. The zero-order valence-corrected chi connectivity index (χ0v) is 13.8. The van der Waals surface area contributed by atoms with Gasteiger partial charge in [0.05, 0.1) is 11.4 Å². The molecule has 1 heterocycles. The highest BCUT2D eigenvalue weighted by Crippen LogP contribution is 2.28. The molecule has 5 heteroatoms. The van der Waals surface area contributed by atoms with E-state index in [1.807, 2.05) is 36.4 Å². The maximum Gasteiger partial charge on any atom is 0.0577 e. The van der Waals surface area contributed by atoms with Crippen LogP contribution in [0.15, 0.2) is 60.9 Å². The second-order valence-corrected chi connectivity index (χ2v) is 5.97. The number of benzene rings is 2. The van der Waals surface area contributed by atoms with Crippen molar-refractivity contribution in [1.82, 2.24) is 4.98 Å². The number of hydrogen-bond acceptors (Lipinski definition) is 3. The highest BCUT2D eigenvalue weighted by atomic mass is 35.5. The molecule has 0 fully saturated rings. The molecule has 0 spiro atoms. The fourth-order valence-electron chi connectivity index (χ4n) is 2.32. The molecule has 0 saturated carbocycles. The number of halogens is 2. The van der Waals surface area contributed by atoms with E-state index in [2.05, 4.69) is 10.3 Å². The second kappa shape index (κ2) is 6.90. The van der Waals surface area contributed by atoms with Crippen molar-refractivity contribution in [3.05, 3.63) is 76.5 Å². The first kappa shape index (κ1) is 15.7. The van der Waals surface area contributed by atoms with Gasteiger partial charge in [-0.1, -0.05) is 29.3 Å². The molecule has 0 unspecified atom stereocenters. The molecule has 0 amide bonds. The highest BCUT2D eigenvalue weighted by Gasteiger charge is 2.05. The molecule has 1 aromatic heterocycles. The minimum Gasteiger partial charge on any atom is -0.397 e. The lowest BCUT2D eigenvalue weighted by Crippen LogP contribution is -2.03. The molecule has 23 heavy (non-hydrogen) atoms. The predicted octanol–water partition coefficient (Wildman–Crippen LogP) is 5.25. The van der Waals surface area contributed by atoms with Crippen molar-refractivity contribution in [3.63, 3.8) is 0 Å². The third-order valence-corrected chi connectivity index (χ3v) is 4.15. The van der Waals surface area contributed by atoms with Crippen LogP contribution in [0.1, 0.15) is 5.56 Å². The highest BCUT2D eigenvalue weighted by molar-refractivity contribution is 6.33. The van der Waals surface area contributed by atoms with Crippen LogP contribution >= 0.6 is 23.2 Å². The first-order valence-corrected chi connectivity index (χ1v) is 7.87. The van der Waals surface area contributed by atoms with Crippen molar-refractivity contribution in [2.45, 2.75) is 6.54 Å². The van der Waals surface area contributed by atoms with E-state index in [1.54, 1.807) is 24.5 Å². The molecule has 3 N–H and O–H groups in total. The molecule has 0 saturated heterocycles. The van der Waals surface area contributed by atoms with Gasteiger partial charge >= 0.3 is 0 Å². The van der Waals surface area contributed by atoms with Gasteiger partial charge in [0, 0.05) is 29.0 Å². The van der Waals surface area contributed by atoms with Gasteiger partial charge in [-0.25, -0.2) is 0 Å². The third-order valence-electron chi connectivity index (χ3n) is 3.54. The van der Waals surface area contributed by atoms with E-state index in [0.29, 0.717) is 22.3 Å². The summed E-state index contributed by atoms with van der Waals surface area (Å²) in [6.07, 6.45) is 3.53. The fraction of sp³-hybridized carbons (Fsp3) is 0.0556. The molecule has 0 aliphatic heterocycles. The summed E-state index contributed by atoms with van der Waals surface area (Å²) < 4.78 is 0. The van der Waals surface area contributed by atoms with Crippen LogP contribution in [0.2, 0.25) is 10.0 Å². The van der Waals surface area contributed by atoms with Crippen LogP contribution < -0.4 is 11.1 Å². The number of rotatable bonds is 4. The minimum atomic E-state index is 0.554. The molecule has 0 bridgehead atoms. The van der Waals surface area contributed by atoms with Crippen molar-refractivity contribution in [1.29, 1.82) is 0 Å². The van der Waals surface area contributed by atoms with E-state index in [-0.39, 0.29) is 0 Å². The predicted molar refractivity (Wildman–Crippen MR) is 97.9 cm³/mol. The number of nitrogens with two attached hydrogens (primary N) is 1. The summed E-state index contributed by atoms with van der Waals surface area (Å²) in [4.78, 5) is 4.02. The average Bonchev–Trinajstić information content (AvgIpc) is 2.57. The Kier molecular flexibility index (Phi) is 4.70. The van der Waals surface area contributed by atoms with Gasteiger partial charge in [0.15, 0.2) is 0 Å². The Bertz CT molecular complexity index is 820. The number of nitrogen functional groups attached to an aromatic ring is 1. The summed E-state index contributed by atoms with van der Waals surface area (Å²) in [7, 11) is 0. The monoisotopic (exact) mass is 343 g/mol. The van der Waals surface area contributed by atoms with E-state index in [4.69, 9.17) is 28.9 Å². The smallest absolute Gasteiger partial charge is 0.0577 e. The molecule has 3 rings (SSSR count). The van der Waals surface area contributed by atoms with E-state index >= 15 is 0 Å². The molecular weight excluding hydrogens is 329 g/mol. The van der Waals surface area contributed by atoms with Gasteiger partial charge in [0.25, 0.3) is 0 Å². The molecule has 116 valence electrons. The number of nitrogens with zero attached hydrogens (tertiary/aromatic N) is 1. The summed E-state index contributed by atoms with van der Waals surface area (Å²) in [5, 5.41) is 4.63. The van der Waals surface area contributed by atoms with Crippen LogP contribution in [0.25, 0.3) is 11.1 Å². The summed E-state index contributed by atoms with van der Waals surface area (Å²) in [5.74, 6) is 0. The van der Waals surface area contributed by atoms with Crippen molar-refractivity contribution in [2.24, 2.45) is 0 Å². The topological polar surface area (TPSA) is 50.9 Å². The quantitative estimate of drug-likeness (QED) is 0.636. The molecular formula is C18H15Cl2N3. The summed E-state index contributed by atoms with van der Waals surface area (Å²) in [6.45, 7) is 0.554. The standard InChI is InChI=1S/C18H15Cl2N3/c19-15-2-3-16(20)14(9-15)11-23-18-4-1-13(10-17(18)21)12-5-7-22-8-6-12/h1-10,23H,11,21H2. The Morgan fingerprint density at radius 2 is 1.70 bits per heavy atom. The van der Waals surface area contributed by atoms with Gasteiger partial charge in [-0.3, -0.25) is 4.98 Å². The van der Waals surface area contributed by atoms with Gasteiger partial charge in [0.2, 0.25) is 0 Å². The van der Waals surface area contributed by atoms with Crippen LogP contribution in [0, 0.1) is 0 Å². The van der Waals surface area contributed by atoms with Crippen molar-refractivity contribution >= 4 is 34.6 Å². The van der Waals surface area contributed by atoms with Gasteiger partial charge in [-0.2, -0.15) is 0 Å². The number of aromatic nitrogens is 1. The first-order valence-electron chi connectivity index (χ1n) is 7.11. The number of hydrogen-bond donors (Lipinski definition) is 2. The second-order valence-electron chi connectivity index (χ2n) is 5.13. The van der Waals surface area contributed by atoms with Crippen molar-refractivity contribution in [2.75, 3.05) is 11.1 Å². The Morgan fingerprint density at radius 1 is 0.913 bits per heavy atom. The van der Waals surface area contributed by atoms with Gasteiger partial charge in [-0.15, -0.1) is 0 Å². The van der Waals surface area contributed by atoms with E-state index in [0.717, 1.165) is 22.4 Å². The van der Waals surface area contributed by atoms with Crippen LogP contribution in [0.4, 0.5) is 11.4 Å². The van der Waals surface area contributed by atoms with Crippen LogP contribution in [-0.2, 0) is 6.54 Å². The molecule has 0 atom stereocenters. The Hall–Kier alpha value is -2.23. The molecule has 3 aromatic rings. The van der Waals surface area contributed by atoms with Crippen molar-refractivity contribution < 1.29 is 0 Å². The largest absolute Gasteiger partial charge is 0.397 e. The number of pyridine rings is 1. The first-order chi connectivity index (χ1) is 11.1. The van der Waals surface area contributed by atoms with Crippen LogP contribution in [-0.4, -0.2) is 4.98 Å². The van der Waals surface area contributed by atoms with E-state index < -0.39 is 0 Å². The zero-order chi connectivity index (χ0) is 16.2. The SMILES string of the molecule is Nc1cc(-c2ccncc2)ccc1NCc1cc(Cl)ccc1Cl. The normalized spacial score (nSPS) is 10.5. The molecule has 0 aliphatic carbocycles. The van der Waals surface area contributed by atoms with E-state index in [1.165, 1.54) is 0 Å². The van der Waals surface area contributed by atoms with Gasteiger partial charge < -0.3 is 11.1 Å². The number of anilines is 2. The molecule has 0 aliphatic rings. The summed E-state index contributed by atoms with van der Waals surface area (Å²) >= 11 is 12.2. The number of nitrogens with one attached hydrogen (secondary N) is 1.